The predicted molar refractivity (Wildman–Crippen MR) is 95.0 cm³/mol. The van der Waals surface area contributed by atoms with E-state index in [0.717, 1.165) is 24.8 Å². The number of piperidine rings is 1. The number of amides is 1. The van der Waals surface area contributed by atoms with Crippen LogP contribution >= 0.6 is 0 Å². The maximum Gasteiger partial charge on any atom is 0.222 e. The molecule has 0 aromatic carbocycles. The molecule has 2 N–H and O–H groups in total. The number of hydrogen-bond acceptors (Lipinski definition) is 4. The number of rotatable bonds is 3. The number of nitrogens with one attached hydrogen (secondary N) is 1. The van der Waals surface area contributed by atoms with Gasteiger partial charge in [0.2, 0.25) is 5.91 Å². The quantitative estimate of drug-likeness (QED) is 0.878. The molecule has 6 nitrogen and oxygen atoms in total. The lowest BCUT2D eigenvalue weighted by Gasteiger charge is -2.50. The number of aromatic amines is 1. The van der Waals surface area contributed by atoms with E-state index in [2.05, 4.69) is 31.0 Å². The number of aromatic nitrogens is 2. The summed E-state index contributed by atoms with van der Waals surface area (Å²) in [6, 6.07) is 0. The molecule has 3 heterocycles. The van der Waals surface area contributed by atoms with Gasteiger partial charge in [-0.3, -0.25) is 9.89 Å². The van der Waals surface area contributed by atoms with Crippen molar-refractivity contribution >= 4 is 5.91 Å². The Hall–Kier alpha value is -1.40. The Morgan fingerprint density at radius 3 is 2.76 bits per heavy atom. The zero-order chi connectivity index (χ0) is 18.1. The summed E-state index contributed by atoms with van der Waals surface area (Å²) in [6.07, 6.45) is 7.63. The lowest BCUT2D eigenvalue weighted by molar-refractivity contribution is -0.207. The Balaban J connectivity index is 1.54. The van der Waals surface area contributed by atoms with Gasteiger partial charge in [0.1, 0.15) is 0 Å². The number of hydrogen-bond donors (Lipinski definition) is 2. The lowest BCUT2D eigenvalue weighted by atomic mass is 9.76. The summed E-state index contributed by atoms with van der Waals surface area (Å²) in [4.78, 5) is 14.4. The fourth-order valence-electron chi connectivity index (χ4n) is 4.00. The molecule has 2 fully saturated rings. The van der Waals surface area contributed by atoms with Gasteiger partial charge in [0.05, 0.1) is 24.0 Å². The van der Waals surface area contributed by atoms with Crippen LogP contribution in [0.4, 0.5) is 0 Å². The lowest BCUT2D eigenvalue weighted by Crippen LogP contribution is -2.55. The number of aliphatic hydroxyl groups excluding tert-OH is 1. The average molecular weight is 349 g/mol. The Kier molecular flexibility index (Phi) is 5.21. The van der Waals surface area contributed by atoms with Crippen LogP contribution in [0.2, 0.25) is 0 Å². The molecule has 3 rings (SSSR count). The minimum Gasteiger partial charge on any atom is -0.393 e. The number of aliphatic hydroxyl groups is 1. The van der Waals surface area contributed by atoms with Crippen molar-refractivity contribution in [3.63, 3.8) is 0 Å². The highest BCUT2D eigenvalue weighted by atomic mass is 16.5. The first kappa shape index (κ1) is 18.4. The largest absolute Gasteiger partial charge is 0.393 e. The Morgan fingerprint density at radius 2 is 2.16 bits per heavy atom. The van der Waals surface area contributed by atoms with Gasteiger partial charge in [0.25, 0.3) is 0 Å². The van der Waals surface area contributed by atoms with E-state index < -0.39 is 0 Å². The van der Waals surface area contributed by atoms with Crippen LogP contribution in [0.5, 0.6) is 0 Å². The van der Waals surface area contributed by atoms with Crippen LogP contribution < -0.4 is 0 Å². The average Bonchev–Trinajstić information content (AvgIpc) is 3.05. The first-order valence-electron chi connectivity index (χ1n) is 9.39. The SMILES string of the molecule is CC(C)(C)[C@H]1C[C@@H](O)CC2(CCN(C(=O)CCc3cn[nH]c3)CC2)O1. The normalized spacial score (nSPS) is 26.8. The second-order valence-electron chi connectivity index (χ2n) is 8.74. The third-order valence-electron chi connectivity index (χ3n) is 5.66. The van der Waals surface area contributed by atoms with Gasteiger partial charge in [-0.1, -0.05) is 20.8 Å². The predicted octanol–water partition coefficient (Wildman–Crippen LogP) is 2.29. The van der Waals surface area contributed by atoms with Gasteiger partial charge in [0, 0.05) is 38.5 Å². The third kappa shape index (κ3) is 4.42. The van der Waals surface area contributed by atoms with Crippen LogP contribution in [0.15, 0.2) is 12.4 Å². The van der Waals surface area contributed by atoms with Crippen LogP contribution in [0.1, 0.15) is 58.4 Å². The number of carbonyl (C=O) groups is 1. The summed E-state index contributed by atoms with van der Waals surface area (Å²) in [5.74, 6) is 0.194. The molecule has 2 saturated heterocycles. The number of likely N-dealkylation sites (tertiary alicyclic amines) is 1. The van der Waals surface area contributed by atoms with E-state index in [9.17, 15) is 9.90 Å². The third-order valence-corrected chi connectivity index (χ3v) is 5.66. The molecule has 2 aliphatic rings. The second-order valence-corrected chi connectivity index (χ2v) is 8.74. The summed E-state index contributed by atoms with van der Waals surface area (Å²) in [6.45, 7) is 7.93. The highest BCUT2D eigenvalue weighted by Gasteiger charge is 2.46. The summed E-state index contributed by atoms with van der Waals surface area (Å²) < 4.78 is 6.49. The van der Waals surface area contributed by atoms with Gasteiger partial charge in [-0.25, -0.2) is 0 Å². The monoisotopic (exact) mass is 349 g/mol. The number of nitrogens with zero attached hydrogens (tertiary/aromatic N) is 2. The van der Waals surface area contributed by atoms with Gasteiger partial charge < -0.3 is 14.7 Å². The van der Waals surface area contributed by atoms with Crippen molar-refractivity contribution in [2.45, 2.75) is 77.1 Å². The zero-order valence-corrected chi connectivity index (χ0v) is 15.6. The number of ether oxygens (including phenoxy) is 1. The molecular weight excluding hydrogens is 318 g/mol. The first-order valence-corrected chi connectivity index (χ1v) is 9.39. The number of carbonyl (C=O) groups excluding carboxylic acids is 1. The minimum atomic E-state index is -0.304. The first-order chi connectivity index (χ1) is 11.8. The van der Waals surface area contributed by atoms with Crippen molar-refractivity contribution in [2.75, 3.05) is 13.1 Å². The van der Waals surface area contributed by atoms with E-state index in [1.807, 2.05) is 11.1 Å². The minimum absolute atomic E-state index is 0.0198. The molecule has 1 amide bonds. The maximum atomic E-state index is 12.5. The highest BCUT2D eigenvalue weighted by molar-refractivity contribution is 5.76. The smallest absolute Gasteiger partial charge is 0.222 e. The molecule has 2 atom stereocenters. The maximum absolute atomic E-state index is 12.5. The van der Waals surface area contributed by atoms with E-state index in [-0.39, 0.29) is 29.1 Å². The van der Waals surface area contributed by atoms with Crippen molar-refractivity contribution in [2.24, 2.45) is 5.41 Å². The fourth-order valence-corrected chi connectivity index (χ4v) is 4.00. The molecular formula is C19H31N3O3. The van der Waals surface area contributed by atoms with Gasteiger partial charge >= 0.3 is 0 Å². The van der Waals surface area contributed by atoms with Crippen LogP contribution in [-0.2, 0) is 16.0 Å². The van der Waals surface area contributed by atoms with E-state index in [4.69, 9.17) is 4.74 Å². The Labute approximate surface area is 149 Å². The van der Waals surface area contributed by atoms with Crippen LogP contribution in [-0.4, -0.2) is 57.0 Å². The molecule has 0 bridgehead atoms. The van der Waals surface area contributed by atoms with Gasteiger partial charge in [0.15, 0.2) is 0 Å². The zero-order valence-electron chi connectivity index (χ0n) is 15.6. The van der Waals surface area contributed by atoms with Crippen molar-refractivity contribution in [1.82, 2.24) is 15.1 Å². The molecule has 1 aromatic rings. The Morgan fingerprint density at radius 1 is 1.44 bits per heavy atom. The van der Waals surface area contributed by atoms with Crippen molar-refractivity contribution in [3.8, 4) is 0 Å². The molecule has 140 valence electrons. The van der Waals surface area contributed by atoms with Crippen LogP contribution in [0.3, 0.4) is 0 Å². The molecule has 1 aromatic heterocycles. The van der Waals surface area contributed by atoms with E-state index in [0.29, 0.717) is 32.4 Å². The van der Waals surface area contributed by atoms with Crippen molar-refractivity contribution in [3.05, 3.63) is 18.0 Å². The summed E-state index contributed by atoms with van der Waals surface area (Å²) in [5, 5.41) is 17.0. The standard InChI is InChI=1S/C19H31N3O3/c1-18(2,3)16-10-15(23)11-19(25-16)6-8-22(9-7-19)17(24)5-4-14-12-20-21-13-14/h12-13,15-16,23H,4-11H2,1-3H3,(H,20,21)/t15-,16-/m1/s1. The molecule has 0 aliphatic carbocycles. The van der Waals surface area contributed by atoms with Crippen molar-refractivity contribution < 1.29 is 14.6 Å². The van der Waals surface area contributed by atoms with Crippen LogP contribution in [0.25, 0.3) is 0 Å². The molecule has 0 radical (unpaired) electrons. The molecule has 25 heavy (non-hydrogen) atoms. The molecule has 6 heteroatoms. The molecule has 0 saturated carbocycles. The van der Waals surface area contributed by atoms with Gasteiger partial charge in [-0.2, -0.15) is 5.10 Å². The highest BCUT2D eigenvalue weighted by Crippen LogP contribution is 2.42. The van der Waals surface area contributed by atoms with E-state index in [1.54, 1.807) is 6.20 Å². The fraction of sp³-hybridized carbons (Fsp3) is 0.789. The van der Waals surface area contributed by atoms with Crippen molar-refractivity contribution in [1.29, 1.82) is 0 Å². The van der Waals surface area contributed by atoms with E-state index in [1.165, 1.54) is 0 Å². The number of H-pyrrole nitrogens is 1. The summed E-state index contributed by atoms with van der Waals surface area (Å²) in [7, 11) is 0. The second kappa shape index (κ2) is 7.08. The Bertz CT molecular complexity index is 571. The van der Waals surface area contributed by atoms with E-state index >= 15 is 0 Å². The molecule has 0 unspecified atom stereocenters. The molecule has 2 aliphatic heterocycles. The molecule has 1 spiro atoms. The van der Waals surface area contributed by atoms with Gasteiger partial charge in [-0.15, -0.1) is 0 Å². The topological polar surface area (TPSA) is 78.5 Å². The van der Waals surface area contributed by atoms with Crippen LogP contribution in [0, 0.1) is 5.41 Å². The number of aryl methyl sites for hydroxylation is 1. The summed E-state index contributed by atoms with van der Waals surface area (Å²) >= 11 is 0. The summed E-state index contributed by atoms with van der Waals surface area (Å²) in [5.41, 5.74) is 0.816. The van der Waals surface area contributed by atoms with Gasteiger partial charge in [-0.05, 0) is 30.2 Å².